The van der Waals surface area contributed by atoms with Gasteiger partial charge in [0.25, 0.3) is 0 Å². The van der Waals surface area contributed by atoms with Gasteiger partial charge in [0, 0.05) is 6.42 Å². The van der Waals surface area contributed by atoms with Crippen LogP contribution in [0, 0.1) is 5.92 Å². The Morgan fingerprint density at radius 1 is 1.44 bits per heavy atom. The van der Waals surface area contributed by atoms with E-state index in [9.17, 15) is 4.79 Å². The highest BCUT2D eigenvalue weighted by atomic mass is 32.1. The molecule has 0 radical (unpaired) electrons. The second kappa shape index (κ2) is 5.30. The first-order valence-corrected chi connectivity index (χ1v) is 6.27. The predicted molar refractivity (Wildman–Crippen MR) is 68.7 cm³/mol. The van der Waals surface area contributed by atoms with Crippen LogP contribution in [0.2, 0.25) is 0 Å². The molecule has 0 aliphatic carbocycles. The number of hydrogen-bond donors (Lipinski definition) is 2. The minimum Gasteiger partial charge on any atom is -0.389 e. The van der Waals surface area contributed by atoms with Crippen LogP contribution in [-0.2, 0) is 4.79 Å². The summed E-state index contributed by atoms with van der Waals surface area (Å²) in [6.45, 7) is 8.08. The third-order valence-corrected chi connectivity index (χ3v) is 2.88. The Balaban J connectivity index is 2.68. The van der Waals surface area contributed by atoms with Crippen LogP contribution in [0.1, 0.15) is 45.7 Å². The third kappa shape index (κ3) is 3.48. The Hall–Kier alpha value is -1.10. The van der Waals surface area contributed by atoms with Crippen LogP contribution in [0.5, 0.6) is 0 Å². The minimum absolute atomic E-state index is 0.000874. The molecule has 0 fully saturated rings. The van der Waals surface area contributed by atoms with E-state index in [1.807, 2.05) is 27.7 Å². The van der Waals surface area contributed by atoms with Crippen molar-refractivity contribution in [3.63, 3.8) is 0 Å². The summed E-state index contributed by atoms with van der Waals surface area (Å²) >= 11 is 1.33. The van der Waals surface area contributed by atoms with E-state index in [2.05, 4.69) is 10.3 Å². The van der Waals surface area contributed by atoms with Gasteiger partial charge in [-0.1, -0.05) is 39.0 Å². The Morgan fingerprint density at radius 3 is 2.50 bits per heavy atom. The molecule has 5 heteroatoms. The van der Waals surface area contributed by atoms with Crippen molar-refractivity contribution >= 4 is 27.4 Å². The summed E-state index contributed by atoms with van der Waals surface area (Å²) < 4.78 is 0. The molecule has 90 valence electrons. The highest BCUT2D eigenvalue weighted by molar-refractivity contribution is 7.19. The molecule has 16 heavy (non-hydrogen) atoms. The summed E-state index contributed by atoms with van der Waals surface area (Å²) in [5, 5.41) is 4.07. The first-order valence-electron chi connectivity index (χ1n) is 5.46. The molecule has 1 amide bonds. The van der Waals surface area contributed by atoms with Crippen LogP contribution in [0.15, 0.2) is 0 Å². The molecule has 0 aromatic carbocycles. The SMILES string of the molecule is CC(C)CC(=O)Nc1nc(C(C)C)c(N)s1. The van der Waals surface area contributed by atoms with E-state index in [0.717, 1.165) is 5.69 Å². The van der Waals surface area contributed by atoms with Gasteiger partial charge in [0.15, 0.2) is 5.13 Å². The normalized spacial score (nSPS) is 11.1. The smallest absolute Gasteiger partial charge is 0.226 e. The van der Waals surface area contributed by atoms with Gasteiger partial charge in [0.1, 0.15) is 5.00 Å². The number of nitrogens with one attached hydrogen (secondary N) is 1. The number of rotatable bonds is 4. The number of anilines is 2. The Morgan fingerprint density at radius 2 is 2.06 bits per heavy atom. The molecule has 0 aliphatic heterocycles. The van der Waals surface area contributed by atoms with Gasteiger partial charge >= 0.3 is 0 Å². The molecule has 0 saturated carbocycles. The fraction of sp³-hybridized carbons (Fsp3) is 0.636. The summed E-state index contributed by atoms with van der Waals surface area (Å²) in [5.41, 5.74) is 6.69. The molecule has 0 bridgehead atoms. The van der Waals surface area contributed by atoms with Crippen molar-refractivity contribution in [1.29, 1.82) is 0 Å². The fourth-order valence-corrected chi connectivity index (χ4v) is 2.26. The maximum atomic E-state index is 11.5. The van der Waals surface area contributed by atoms with E-state index in [0.29, 0.717) is 22.5 Å². The quantitative estimate of drug-likeness (QED) is 0.851. The summed E-state index contributed by atoms with van der Waals surface area (Å²) in [4.78, 5) is 15.8. The van der Waals surface area contributed by atoms with Crippen molar-refractivity contribution in [2.45, 2.75) is 40.0 Å². The standard InChI is InChI=1S/C11H19N3OS/c1-6(2)5-8(15)13-11-14-9(7(3)4)10(12)16-11/h6-7H,5,12H2,1-4H3,(H,13,14,15). The van der Waals surface area contributed by atoms with Crippen molar-refractivity contribution in [1.82, 2.24) is 4.98 Å². The van der Waals surface area contributed by atoms with Crippen LogP contribution >= 0.6 is 11.3 Å². The number of amides is 1. The van der Waals surface area contributed by atoms with Crippen molar-refractivity contribution < 1.29 is 4.79 Å². The number of nitrogen functional groups attached to an aromatic ring is 1. The van der Waals surface area contributed by atoms with Crippen molar-refractivity contribution in [2.75, 3.05) is 11.1 Å². The first-order chi connectivity index (χ1) is 7.40. The Labute approximate surface area is 100 Å². The molecule has 1 heterocycles. The molecule has 4 nitrogen and oxygen atoms in total. The Kier molecular flexibility index (Phi) is 4.29. The van der Waals surface area contributed by atoms with Crippen LogP contribution < -0.4 is 11.1 Å². The zero-order chi connectivity index (χ0) is 12.3. The molecular formula is C11H19N3OS. The largest absolute Gasteiger partial charge is 0.389 e. The van der Waals surface area contributed by atoms with E-state index in [4.69, 9.17) is 5.73 Å². The lowest BCUT2D eigenvalue weighted by Gasteiger charge is -2.03. The molecular weight excluding hydrogens is 222 g/mol. The second-order valence-electron chi connectivity index (χ2n) is 4.57. The molecule has 0 unspecified atom stereocenters. The van der Waals surface area contributed by atoms with Gasteiger partial charge in [-0.3, -0.25) is 4.79 Å². The van der Waals surface area contributed by atoms with Crippen LogP contribution in [0.4, 0.5) is 10.1 Å². The Bertz CT molecular complexity index is 371. The second-order valence-corrected chi connectivity index (χ2v) is 5.60. The van der Waals surface area contributed by atoms with Gasteiger partial charge in [-0.2, -0.15) is 0 Å². The van der Waals surface area contributed by atoms with Gasteiger partial charge in [-0.05, 0) is 11.8 Å². The zero-order valence-electron chi connectivity index (χ0n) is 10.2. The van der Waals surface area contributed by atoms with Gasteiger partial charge in [0.05, 0.1) is 5.69 Å². The molecule has 1 rings (SSSR count). The average molecular weight is 241 g/mol. The van der Waals surface area contributed by atoms with E-state index in [-0.39, 0.29) is 11.8 Å². The maximum absolute atomic E-state index is 11.5. The van der Waals surface area contributed by atoms with Crippen LogP contribution in [-0.4, -0.2) is 10.9 Å². The van der Waals surface area contributed by atoms with E-state index in [1.54, 1.807) is 0 Å². The zero-order valence-corrected chi connectivity index (χ0v) is 11.0. The fourth-order valence-electron chi connectivity index (χ4n) is 1.35. The summed E-state index contributed by atoms with van der Waals surface area (Å²) in [6, 6.07) is 0. The van der Waals surface area contributed by atoms with E-state index >= 15 is 0 Å². The molecule has 0 saturated heterocycles. The number of nitrogens with zero attached hydrogens (tertiary/aromatic N) is 1. The summed E-state index contributed by atoms with van der Waals surface area (Å²) in [7, 11) is 0. The lowest BCUT2D eigenvalue weighted by molar-refractivity contribution is -0.116. The number of carbonyl (C=O) groups excluding carboxylic acids is 1. The predicted octanol–water partition coefficient (Wildman–Crippen LogP) is 2.83. The minimum atomic E-state index is -0.000874. The van der Waals surface area contributed by atoms with Gasteiger partial charge in [0.2, 0.25) is 5.91 Å². The molecule has 0 aliphatic rings. The third-order valence-electron chi connectivity index (χ3n) is 2.07. The van der Waals surface area contributed by atoms with Crippen molar-refractivity contribution in [3.05, 3.63) is 5.69 Å². The van der Waals surface area contributed by atoms with Gasteiger partial charge in [-0.15, -0.1) is 0 Å². The molecule has 0 spiro atoms. The molecule has 1 aromatic heterocycles. The number of thiazole rings is 1. The number of carbonyl (C=O) groups is 1. The molecule has 0 atom stereocenters. The number of aromatic nitrogens is 1. The maximum Gasteiger partial charge on any atom is 0.226 e. The summed E-state index contributed by atoms with van der Waals surface area (Å²) in [6.07, 6.45) is 0.510. The number of nitrogens with two attached hydrogens (primary N) is 1. The molecule has 1 aromatic rings. The molecule has 3 N–H and O–H groups in total. The lowest BCUT2D eigenvalue weighted by Crippen LogP contribution is -2.13. The average Bonchev–Trinajstić information content (AvgIpc) is 2.44. The van der Waals surface area contributed by atoms with Gasteiger partial charge < -0.3 is 11.1 Å². The topological polar surface area (TPSA) is 68.0 Å². The van der Waals surface area contributed by atoms with Crippen molar-refractivity contribution in [2.24, 2.45) is 5.92 Å². The van der Waals surface area contributed by atoms with Gasteiger partial charge in [-0.25, -0.2) is 4.98 Å². The monoisotopic (exact) mass is 241 g/mol. The lowest BCUT2D eigenvalue weighted by atomic mass is 10.1. The number of hydrogen-bond acceptors (Lipinski definition) is 4. The van der Waals surface area contributed by atoms with E-state index in [1.165, 1.54) is 11.3 Å². The first kappa shape index (κ1) is 13.0. The highest BCUT2D eigenvalue weighted by Crippen LogP contribution is 2.30. The van der Waals surface area contributed by atoms with Crippen molar-refractivity contribution in [3.8, 4) is 0 Å². The van der Waals surface area contributed by atoms with Crippen LogP contribution in [0.3, 0.4) is 0 Å². The summed E-state index contributed by atoms with van der Waals surface area (Å²) in [5.74, 6) is 0.632. The highest BCUT2D eigenvalue weighted by Gasteiger charge is 2.13. The van der Waals surface area contributed by atoms with Crippen LogP contribution in [0.25, 0.3) is 0 Å². The van der Waals surface area contributed by atoms with E-state index < -0.39 is 0 Å².